The minimum Gasteiger partial charge on any atom is -0.352 e. The molecule has 1 unspecified atom stereocenters. The molecule has 57 heavy (non-hydrogen) atoms. The highest BCUT2D eigenvalue weighted by molar-refractivity contribution is 6.02. The Labute approximate surface area is 337 Å². The summed E-state index contributed by atoms with van der Waals surface area (Å²) in [5.41, 5.74) is 17.0. The third kappa shape index (κ3) is 8.47. The Kier molecular flexibility index (Phi) is 10.9. The van der Waals surface area contributed by atoms with Gasteiger partial charge >= 0.3 is 0 Å². The summed E-state index contributed by atoms with van der Waals surface area (Å²) in [7, 11) is 2.12. The number of hydrogen-bond donors (Lipinski definition) is 0. The van der Waals surface area contributed by atoms with E-state index in [0.717, 1.165) is 33.8 Å². The van der Waals surface area contributed by atoms with Gasteiger partial charge < -0.3 is 4.90 Å². The van der Waals surface area contributed by atoms with Gasteiger partial charge in [-0.15, -0.1) is 0 Å². The topological polar surface area (TPSA) is 15.6 Å². The van der Waals surface area contributed by atoms with Crippen LogP contribution >= 0.6 is 0 Å². The molecule has 0 aliphatic heterocycles. The van der Waals surface area contributed by atoms with Crippen molar-refractivity contribution < 1.29 is 0 Å². The molecular weight excluding hydrogens is 689 g/mol. The van der Waals surface area contributed by atoms with Gasteiger partial charge in [0.15, 0.2) is 0 Å². The zero-order valence-electron chi connectivity index (χ0n) is 32.8. The van der Waals surface area contributed by atoms with E-state index in [-0.39, 0.29) is 6.04 Å². The fourth-order valence-electron chi connectivity index (χ4n) is 7.46. The Morgan fingerprint density at radius 2 is 0.825 bits per heavy atom. The largest absolute Gasteiger partial charge is 0.352 e. The summed E-state index contributed by atoms with van der Waals surface area (Å²) < 4.78 is 0. The first kappa shape index (κ1) is 36.9. The lowest BCUT2D eigenvalue weighted by Gasteiger charge is -2.29. The van der Waals surface area contributed by atoms with Crippen LogP contribution in [-0.4, -0.2) is 17.8 Å². The first-order chi connectivity index (χ1) is 27.9. The molecule has 0 spiro atoms. The Bertz CT molecular complexity index is 2600. The van der Waals surface area contributed by atoms with Crippen molar-refractivity contribution in [1.82, 2.24) is 4.90 Å². The third-order valence-corrected chi connectivity index (χ3v) is 10.8. The molecule has 0 saturated heterocycles. The van der Waals surface area contributed by atoms with Gasteiger partial charge in [-0.05, 0) is 111 Å². The number of benzene rings is 8. The van der Waals surface area contributed by atoms with Crippen LogP contribution in [-0.2, 0) is 0 Å². The molecular formula is C55H46N2. The molecule has 0 amide bonds. The molecule has 0 N–H and O–H groups in total. The van der Waals surface area contributed by atoms with Gasteiger partial charge in [0.2, 0.25) is 0 Å². The first-order valence-corrected chi connectivity index (χ1v) is 19.6. The van der Waals surface area contributed by atoms with Crippen LogP contribution in [0.2, 0.25) is 0 Å². The molecule has 8 aromatic carbocycles. The molecule has 2 nitrogen and oxygen atoms in total. The van der Waals surface area contributed by atoms with Crippen LogP contribution in [0.1, 0.15) is 35.2 Å². The Morgan fingerprint density at radius 3 is 1.39 bits per heavy atom. The van der Waals surface area contributed by atoms with Gasteiger partial charge in [0.05, 0.1) is 11.7 Å². The van der Waals surface area contributed by atoms with E-state index in [1.807, 2.05) is 0 Å². The number of nitrogens with zero attached hydrogens (tertiary/aromatic N) is 2. The maximum atomic E-state index is 5.23. The van der Waals surface area contributed by atoms with Gasteiger partial charge in [0.25, 0.3) is 0 Å². The molecule has 0 bridgehead atoms. The third-order valence-electron chi connectivity index (χ3n) is 10.8. The van der Waals surface area contributed by atoms with E-state index in [1.165, 1.54) is 55.6 Å². The fraction of sp³-hybridized carbons (Fsp3) is 0.0727. The van der Waals surface area contributed by atoms with Crippen LogP contribution in [0.4, 0.5) is 0 Å². The van der Waals surface area contributed by atoms with Crippen molar-refractivity contribution in [1.29, 1.82) is 0 Å². The van der Waals surface area contributed by atoms with Crippen LogP contribution < -0.4 is 0 Å². The average molecular weight is 735 g/mol. The standard InChI is InChI=1S/C55H46N2/c1-39-17-14-28-51(33-39)55(57(4)41(3)42-18-8-5-9-19-42)56-40(2)47-24-15-26-49(34-47)50-27-16-25-48(35-50)45-29-31-46(32-30-45)54-37-52(43-20-10-6-11-21-43)36-53(38-54)44-22-12-7-13-23-44/h5-38,41H,2H2,1,3-4H3. The number of rotatable bonds is 10. The SMILES string of the molecule is C=C(N=C(c1cccc(C)c1)N(C)C(C)c1ccccc1)c1cccc(-c2cccc(-c3ccc(-c4cc(-c5ccccc5)cc(-c5ccccc5)c4)cc3)c2)c1. The minimum absolute atomic E-state index is 0.118. The predicted molar refractivity (Wildman–Crippen MR) is 243 cm³/mol. The summed E-state index contributed by atoms with van der Waals surface area (Å²) in [6, 6.07) is 73.7. The van der Waals surface area contributed by atoms with E-state index in [4.69, 9.17) is 4.99 Å². The Morgan fingerprint density at radius 1 is 0.421 bits per heavy atom. The van der Waals surface area contributed by atoms with E-state index in [9.17, 15) is 0 Å². The summed E-state index contributed by atoms with van der Waals surface area (Å²) in [6.45, 7) is 8.83. The van der Waals surface area contributed by atoms with Gasteiger partial charge in [0.1, 0.15) is 5.84 Å². The number of aliphatic imine (C=N–C) groups is 1. The summed E-state index contributed by atoms with van der Waals surface area (Å²) in [6.07, 6.45) is 0. The Hall–Kier alpha value is -7.03. The molecule has 0 radical (unpaired) electrons. The second-order valence-electron chi connectivity index (χ2n) is 14.7. The summed E-state index contributed by atoms with van der Waals surface area (Å²) in [4.78, 5) is 7.48. The number of hydrogen-bond acceptors (Lipinski definition) is 1. The maximum absolute atomic E-state index is 5.23. The van der Waals surface area contributed by atoms with Crippen molar-refractivity contribution in [3.8, 4) is 55.6 Å². The van der Waals surface area contributed by atoms with Crippen LogP contribution in [0.3, 0.4) is 0 Å². The second kappa shape index (κ2) is 16.8. The van der Waals surface area contributed by atoms with Gasteiger partial charge in [-0.2, -0.15) is 0 Å². The highest BCUT2D eigenvalue weighted by Gasteiger charge is 2.19. The molecule has 0 fully saturated rings. The number of aryl methyl sites for hydroxylation is 1. The second-order valence-corrected chi connectivity index (χ2v) is 14.7. The highest BCUT2D eigenvalue weighted by Crippen LogP contribution is 2.35. The van der Waals surface area contributed by atoms with Crippen molar-refractivity contribution >= 4 is 11.5 Å². The monoisotopic (exact) mass is 734 g/mol. The lowest BCUT2D eigenvalue weighted by molar-refractivity contribution is 0.403. The van der Waals surface area contributed by atoms with Crippen molar-refractivity contribution in [3.05, 3.63) is 235 Å². The van der Waals surface area contributed by atoms with Gasteiger partial charge in [-0.1, -0.05) is 182 Å². The highest BCUT2D eigenvalue weighted by atomic mass is 15.2. The van der Waals surface area contributed by atoms with Crippen molar-refractivity contribution in [2.24, 2.45) is 4.99 Å². The van der Waals surface area contributed by atoms with Crippen LogP contribution in [0, 0.1) is 6.92 Å². The molecule has 2 heteroatoms. The van der Waals surface area contributed by atoms with Gasteiger partial charge in [0, 0.05) is 18.2 Å². The lowest BCUT2D eigenvalue weighted by Crippen LogP contribution is -2.30. The normalized spacial score (nSPS) is 11.9. The molecule has 8 rings (SSSR count). The summed E-state index contributed by atoms with van der Waals surface area (Å²) >= 11 is 0. The molecule has 0 aromatic heterocycles. The molecule has 0 aliphatic carbocycles. The summed E-state index contributed by atoms with van der Waals surface area (Å²) in [5, 5.41) is 0. The average Bonchev–Trinajstić information content (AvgIpc) is 3.28. The smallest absolute Gasteiger partial charge is 0.136 e. The molecule has 0 saturated carbocycles. The molecule has 276 valence electrons. The molecule has 8 aromatic rings. The van der Waals surface area contributed by atoms with E-state index >= 15 is 0 Å². The van der Waals surface area contributed by atoms with Gasteiger partial charge in [-0.25, -0.2) is 4.99 Å². The van der Waals surface area contributed by atoms with E-state index < -0.39 is 0 Å². The van der Waals surface area contributed by atoms with Crippen molar-refractivity contribution in [2.45, 2.75) is 19.9 Å². The molecule has 1 atom stereocenters. The van der Waals surface area contributed by atoms with E-state index in [1.54, 1.807) is 0 Å². The fourth-order valence-corrected chi connectivity index (χ4v) is 7.46. The van der Waals surface area contributed by atoms with Gasteiger partial charge in [-0.3, -0.25) is 0 Å². The lowest BCUT2D eigenvalue weighted by atomic mass is 9.92. The van der Waals surface area contributed by atoms with Crippen molar-refractivity contribution in [2.75, 3.05) is 7.05 Å². The maximum Gasteiger partial charge on any atom is 0.136 e. The zero-order valence-corrected chi connectivity index (χ0v) is 32.8. The number of amidine groups is 1. The quantitative estimate of drug-likeness (QED) is 0.101. The minimum atomic E-state index is 0.118. The molecule has 0 aliphatic rings. The van der Waals surface area contributed by atoms with E-state index in [2.05, 4.69) is 239 Å². The zero-order chi connectivity index (χ0) is 39.1. The summed E-state index contributed by atoms with van der Waals surface area (Å²) in [5.74, 6) is 0.888. The van der Waals surface area contributed by atoms with Crippen LogP contribution in [0.15, 0.2) is 218 Å². The Balaban J connectivity index is 1.08. The van der Waals surface area contributed by atoms with E-state index in [0.29, 0.717) is 0 Å². The van der Waals surface area contributed by atoms with Crippen molar-refractivity contribution in [3.63, 3.8) is 0 Å². The first-order valence-electron chi connectivity index (χ1n) is 19.6. The predicted octanol–water partition coefficient (Wildman–Crippen LogP) is 14.4. The van der Waals surface area contributed by atoms with Crippen LogP contribution in [0.5, 0.6) is 0 Å². The molecule has 0 heterocycles. The van der Waals surface area contributed by atoms with Crippen LogP contribution in [0.25, 0.3) is 61.3 Å².